The predicted octanol–water partition coefficient (Wildman–Crippen LogP) is 1.75. The number of fused-ring (bicyclic) bond motifs is 1. The first kappa shape index (κ1) is 24.7. The highest BCUT2D eigenvalue weighted by Crippen LogP contribution is 2.58. The summed E-state index contributed by atoms with van der Waals surface area (Å²) >= 11 is 0. The van der Waals surface area contributed by atoms with Crippen LogP contribution in [0, 0.1) is 11.8 Å². The maximum Gasteiger partial charge on any atom is 0.246 e. The normalized spacial score (nSPS) is 29.9. The number of hydrogen-bond acceptors (Lipinski definition) is 5. The number of unbranched alkanes of at least 4 members (excludes halogenated alkanes) is 2. The average molecular weight is 472 g/mol. The van der Waals surface area contributed by atoms with Crippen molar-refractivity contribution >= 4 is 17.7 Å². The van der Waals surface area contributed by atoms with E-state index in [1.165, 1.54) is 0 Å². The molecule has 0 aromatic heterocycles. The van der Waals surface area contributed by atoms with E-state index < -0.39 is 29.0 Å². The molecule has 3 N–H and O–H groups in total. The first-order valence-electron chi connectivity index (χ1n) is 12.4. The van der Waals surface area contributed by atoms with Crippen molar-refractivity contribution in [1.29, 1.82) is 0 Å². The molecule has 1 aromatic rings. The van der Waals surface area contributed by atoms with Crippen LogP contribution in [0.1, 0.15) is 58.4 Å². The number of benzene rings is 1. The lowest BCUT2D eigenvalue weighted by Crippen LogP contribution is -2.58. The van der Waals surface area contributed by atoms with E-state index in [1.807, 2.05) is 51.1 Å². The molecule has 3 saturated heterocycles. The third-order valence-corrected chi connectivity index (χ3v) is 7.22. The molecule has 2 unspecified atom stereocenters. The molecule has 0 radical (unpaired) electrons. The second kappa shape index (κ2) is 9.66. The molecule has 4 rings (SSSR count). The second-order valence-corrected chi connectivity index (χ2v) is 10.8. The van der Waals surface area contributed by atoms with E-state index in [0.29, 0.717) is 38.8 Å². The Morgan fingerprint density at radius 3 is 2.56 bits per heavy atom. The van der Waals surface area contributed by atoms with Gasteiger partial charge >= 0.3 is 0 Å². The maximum absolute atomic E-state index is 13.7. The van der Waals surface area contributed by atoms with E-state index in [2.05, 4.69) is 10.6 Å². The van der Waals surface area contributed by atoms with Crippen molar-refractivity contribution in [3.05, 3.63) is 35.9 Å². The average Bonchev–Trinajstić information content (AvgIpc) is 3.42. The third kappa shape index (κ3) is 4.58. The highest BCUT2D eigenvalue weighted by molar-refractivity contribution is 5.99. The maximum atomic E-state index is 13.7. The number of rotatable bonds is 9. The van der Waals surface area contributed by atoms with E-state index in [0.717, 1.165) is 12.0 Å². The van der Waals surface area contributed by atoms with Gasteiger partial charge in [0.05, 0.1) is 17.9 Å². The summed E-state index contributed by atoms with van der Waals surface area (Å²) in [5.74, 6) is -1.84. The molecule has 3 aliphatic rings. The zero-order chi connectivity index (χ0) is 24.5. The van der Waals surface area contributed by atoms with Gasteiger partial charge in [0.15, 0.2) is 0 Å². The van der Waals surface area contributed by atoms with Gasteiger partial charge in [0.1, 0.15) is 11.6 Å². The molecule has 1 spiro atoms. The van der Waals surface area contributed by atoms with Gasteiger partial charge in [-0.15, -0.1) is 0 Å². The molecular weight excluding hydrogens is 434 g/mol. The topological polar surface area (TPSA) is 108 Å². The van der Waals surface area contributed by atoms with Crippen LogP contribution in [0.5, 0.6) is 0 Å². The number of aliphatic hydroxyl groups excluding tert-OH is 1. The fourth-order valence-electron chi connectivity index (χ4n) is 5.91. The summed E-state index contributed by atoms with van der Waals surface area (Å²) in [5, 5.41) is 15.1. The molecule has 8 nitrogen and oxygen atoms in total. The molecule has 2 bridgehead atoms. The molecule has 3 aliphatic heterocycles. The number of hydrogen-bond donors (Lipinski definition) is 3. The number of carbonyl (C=O) groups excluding carboxylic acids is 3. The lowest BCUT2D eigenvalue weighted by Gasteiger charge is -2.35. The Morgan fingerprint density at radius 2 is 1.88 bits per heavy atom. The zero-order valence-electron chi connectivity index (χ0n) is 20.4. The SMILES string of the molecule is CC(C)(C)NC(=O)C1N(CCCCCO)C(=O)[C@@H]2[C@@H](C(=O)NCc3ccccc3)[C@H]3CCC12O3. The lowest BCUT2D eigenvalue weighted by atomic mass is 9.70. The Bertz CT molecular complexity index is 915. The van der Waals surface area contributed by atoms with Gasteiger partial charge in [0.25, 0.3) is 0 Å². The molecule has 186 valence electrons. The summed E-state index contributed by atoms with van der Waals surface area (Å²) < 4.78 is 6.42. The summed E-state index contributed by atoms with van der Waals surface area (Å²) in [5.41, 5.74) is -0.441. The molecular formula is C26H37N3O5. The molecule has 1 aromatic carbocycles. The van der Waals surface area contributed by atoms with Gasteiger partial charge in [-0.25, -0.2) is 0 Å². The van der Waals surface area contributed by atoms with Gasteiger partial charge in [0, 0.05) is 25.2 Å². The van der Waals surface area contributed by atoms with Gasteiger partial charge in [0.2, 0.25) is 17.7 Å². The number of aliphatic hydroxyl groups is 1. The van der Waals surface area contributed by atoms with Crippen molar-refractivity contribution in [3.63, 3.8) is 0 Å². The summed E-state index contributed by atoms with van der Waals surface area (Å²) in [6.45, 7) is 6.63. The van der Waals surface area contributed by atoms with Gasteiger partial charge in [-0.1, -0.05) is 30.3 Å². The number of ether oxygens (including phenoxy) is 1. The van der Waals surface area contributed by atoms with Crippen LogP contribution < -0.4 is 10.6 Å². The van der Waals surface area contributed by atoms with Gasteiger partial charge in [-0.05, 0) is 58.4 Å². The zero-order valence-corrected chi connectivity index (χ0v) is 20.4. The minimum atomic E-state index is -0.969. The van der Waals surface area contributed by atoms with Crippen LogP contribution >= 0.6 is 0 Å². The molecule has 0 aliphatic carbocycles. The van der Waals surface area contributed by atoms with Crippen LogP contribution in [0.15, 0.2) is 30.3 Å². The Labute approximate surface area is 201 Å². The van der Waals surface area contributed by atoms with Crippen LogP contribution in [0.3, 0.4) is 0 Å². The van der Waals surface area contributed by atoms with E-state index in [4.69, 9.17) is 9.84 Å². The fraction of sp³-hybridized carbons (Fsp3) is 0.654. The van der Waals surface area contributed by atoms with Gasteiger partial charge < -0.3 is 25.4 Å². The number of nitrogens with zero attached hydrogens (tertiary/aromatic N) is 1. The number of nitrogens with one attached hydrogen (secondary N) is 2. The van der Waals surface area contributed by atoms with E-state index in [1.54, 1.807) is 4.90 Å². The van der Waals surface area contributed by atoms with E-state index in [9.17, 15) is 14.4 Å². The smallest absolute Gasteiger partial charge is 0.246 e. The summed E-state index contributed by atoms with van der Waals surface area (Å²) in [7, 11) is 0. The van der Waals surface area contributed by atoms with Crippen LogP contribution in [0.25, 0.3) is 0 Å². The Morgan fingerprint density at radius 1 is 1.15 bits per heavy atom. The van der Waals surface area contributed by atoms with Gasteiger partial charge in [-0.3, -0.25) is 14.4 Å². The largest absolute Gasteiger partial charge is 0.396 e. The summed E-state index contributed by atoms with van der Waals surface area (Å²) in [4.78, 5) is 42.2. The van der Waals surface area contributed by atoms with E-state index >= 15 is 0 Å². The highest BCUT2D eigenvalue weighted by Gasteiger charge is 2.74. The molecule has 3 fully saturated rings. The Kier molecular flexibility index (Phi) is 7.01. The fourth-order valence-corrected chi connectivity index (χ4v) is 5.91. The van der Waals surface area contributed by atoms with Crippen molar-refractivity contribution in [3.8, 4) is 0 Å². The molecule has 8 heteroatoms. The second-order valence-electron chi connectivity index (χ2n) is 10.8. The Balaban J connectivity index is 1.57. The van der Waals surface area contributed by atoms with Gasteiger partial charge in [-0.2, -0.15) is 0 Å². The monoisotopic (exact) mass is 471 g/mol. The number of amides is 3. The van der Waals surface area contributed by atoms with Crippen molar-refractivity contribution < 1.29 is 24.2 Å². The molecule has 5 atom stereocenters. The van der Waals surface area contributed by atoms with Crippen LogP contribution in [-0.4, -0.2) is 64.2 Å². The molecule has 34 heavy (non-hydrogen) atoms. The first-order valence-corrected chi connectivity index (χ1v) is 12.4. The first-order chi connectivity index (χ1) is 16.2. The number of likely N-dealkylation sites (tertiary alicyclic amines) is 1. The van der Waals surface area contributed by atoms with E-state index in [-0.39, 0.29) is 30.4 Å². The standard InChI is InChI=1S/C26H37N3O5/c1-25(2,3)28-23(32)21-26-13-12-18(34-26)19(22(31)27-16-17-10-6-4-7-11-17)20(26)24(33)29(21)14-8-5-9-15-30/h4,6-7,10-11,18-21,30H,5,8-9,12-16H2,1-3H3,(H,27,31)(H,28,32)/t18-,19+,20+,21?,26?/m1/s1. The lowest BCUT2D eigenvalue weighted by molar-refractivity contribution is -0.142. The van der Waals surface area contributed by atoms with Crippen molar-refractivity contribution in [2.24, 2.45) is 11.8 Å². The molecule has 3 amide bonds. The highest BCUT2D eigenvalue weighted by atomic mass is 16.5. The molecule has 3 heterocycles. The van der Waals surface area contributed by atoms with Crippen LogP contribution in [0.2, 0.25) is 0 Å². The third-order valence-electron chi connectivity index (χ3n) is 7.22. The van der Waals surface area contributed by atoms with Crippen molar-refractivity contribution in [1.82, 2.24) is 15.5 Å². The number of carbonyl (C=O) groups is 3. The van der Waals surface area contributed by atoms with Crippen molar-refractivity contribution in [2.75, 3.05) is 13.2 Å². The quantitative estimate of drug-likeness (QED) is 0.476. The van der Waals surface area contributed by atoms with Crippen LogP contribution in [-0.2, 0) is 25.7 Å². The van der Waals surface area contributed by atoms with Crippen molar-refractivity contribution in [2.45, 2.75) is 82.7 Å². The minimum Gasteiger partial charge on any atom is -0.396 e. The summed E-state index contributed by atoms with van der Waals surface area (Å²) in [6.07, 6.45) is 2.99. The minimum absolute atomic E-state index is 0.100. The Hall–Kier alpha value is -2.45. The predicted molar refractivity (Wildman–Crippen MR) is 126 cm³/mol. The molecule has 0 saturated carbocycles. The van der Waals surface area contributed by atoms with Crippen LogP contribution in [0.4, 0.5) is 0 Å². The summed E-state index contributed by atoms with van der Waals surface area (Å²) in [6, 6.07) is 8.90.